The van der Waals surface area contributed by atoms with Crippen molar-refractivity contribution in [1.82, 2.24) is 15.1 Å². The van der Waals surface area contributed by atoms with E-state index in [1.54, 1.807) is 12.1 Å². The van der Waals surface area contributed by atoms with Crippen molar-refractivity contribution in [3.8, 4) is 11.5 Å². The zero-order valence-electron chi connectivity index (χ0n) is 13.8. The third kappa shape index (κ3) is 4.16. The summed E-state index contributed by atoms with van der Waals surface area (Å²) >= 11 is 1.21. The number of non-ortho nitro benzene ring substituents is 1. The summed E-state index contributed by atoms with van der Waals surface area (Å²) in [5, 5.41) is 18.7. The van der Waals surface area contributed by atoms with Crippen molar-refractivity contribution in [3.63, 3.8) is 0 Å². The quantitative estimate of drug-likeness (QED) is 0.457. The predicted molar refractivity (Wildman–Crippen MR) is 92.1 cm³/mol. The van der Waals surface area contributed by atoms with Crippen molar-refractivity contribution < 1.29 is 14.1 Å². The Morgan fingerprint density at radius 3 is 2.80 bits per heavy atom. The van der Waals surface area contributed by atoms with Crippen molar-refractivity contribution in [2.75, 3.05) is 13.1 Å². The number of benzene rings is 1. The van der Waals surface area contributed by atoms with E-state index in [4.69, 9.17) is 4.42 Å². The van der Waals surface area contributed by atoms with Crippen molar-refractivity contribution >= 4 is 23.4 Å². The van der Waals surface area contributed by atoms with Crippen LogP contribution in [0.4, 0.5) is 5.69 Å². The molecule has 1 atom stereocenters. The number of hydrogen-bond donors (Lipinski definition) is 0. The maximum atomic E-state index is 12.4. The summed E-state index contributed by atoms with van der Waals surface area (Å²) in [6.07, 6.45) is 3.25. The number of amides is 1. The number of likely N-dealkylation sites (tertiary alicyclic amines) is 1. The zero-order chi connectivity index (χ0) is 17.8. The summed E-state index contributed by atoms with van der Waals surface area (Å²) in [5.74, 6) is 0.267. The number of piperidine rings is 1. The Balaban J connectivity index is 1.68. The second kappa shape index (κ2) is 7.64. The first-order chi connectivity index (χ1) is 12.0. The van der Waals surface area contributed by atoms with E-state index in [9.17, 15) is 14.9 Å². The number of aromatic nitrogens is 2. The molecule has 0 aliphatic carbocycles. The Kier molecular flexibility index (Phi) is 5.32. The van der Waals surface area contributed by atoms with Crippen molar-refractivity contribution in [1.29, 1.82) is 0 Å². The molecule has 25 heavy (non-hydrogen) atoms. The van der Waals surface area contributed by atoms with Crippen LogP contribution in [-0.2, 0) is 4.79 Å². The van der Waals surface area contributed by atoms with Crippen LogP contribution in [0.25, 0.3) is 11.5 Å². The first-order valence-electron chi connectivity index (χ1n) is 8.08. The number of nitro benzene ring substituents is 1. The van der Waals surface area contributed by atoms with E-state index in [2.05, 4.69) is 10.2 Å². The molecule has 0 bridgehead atoms. The lowest BCUT2D eigenvalue weighted by Gasteiger charge is -2.28. The predicted octanol–water partition coefficient (Wildman–Crippen LogP) is 3.14. The van der Waals surface area contributed by atoms with Crippen LogP contribution in [-0.4, -0.2) is 44.3 Å². The summed E-state index contributed by atoms with van der Waals surface area (Å²) in [4.78, 5) is 24.7. The second-order valence-electron chi connectivity index (χ2n) is 5.83. The summed E-state index contributed by atoms with van der Waals surface area (Å²) in [6, 6.07) is 6.00. The number of hydrogen-bond acceptors (Lipinski definition) is 7. The maximum absolute atomic E-state index is 12.4. The van der Waals surface area contributed by atoms with Gasteiger partial charge in [-0.25, -0.2) is 0 Å². The highest BCUT2D eigenvalue weighted by atomic mass is 32.2. The maximum Gasteiger partial charge on any atom is 0.277 e. The van der Waals surface area contributed by atoms with Gasteiger partial charge in [-0.1, -0.05) is 17.8 Å². The molecule has 2 aromatic rings. The Labute approximate surface area is 148 Å². The van der Waals surface area contributed by atoms with Crippen LogP contribution >= 0.6 is 11.8 Å². The molecule has 8 nitrogen and oxygen atoms in total. The third-order valence-electron chi connectivity index (χ3n) is 4.00. The average molecular weight is 362 g/mol. The molecule has 1 aromatic heterocycles. The molecule has 0 radical (unpaired) electrons. The molecule has 1 amide bonds. The van der Waals surface area contributed by atoms with Crippen molar-refractivity contribution in [3.05, 3.63) is 34.4 Å². The van der Waals surface area contributed by atoms with Gasteiger partial charge in [0, 0.05) is 30.8 Å². The molecule has 9 heteroatoms. The van der Waals surface area contributed by atoms with Gasteiger partial charge in [0.2, 0.25) is 11.8 Å². The number of nitro groups is 1. The molecular formula is C16H18N4O4S. The minimum atomic E-state index is -0.477. The van der Waals surface area contributed by atoms with Crippen LogP contribution in [0.1, 0.15) is 26.2 Å². The fourth-order valence-corrected chi connectivity index (χ4v) is 3.47. The topological polar surface area (TPSA) is 102 Å². The molecule has 0 spiro atoms. The van der Waals surface area contributed by atoms with E-state index in [1.807, 2.05) is 11.8 Å². The van der Waals surface area contributed by atoms with Crippen molar-refractivity contribution in [2.45, 2.75) is 36.7 Å². The third-order valence-corrected chi connectivity index (χ3v) is 4.93. The van der Waals surface area contributed by atoms with E-state index >= 15 is 0 Å². The van der Waals surface area contributed by atoms with Gasteiger partial charge < -0.3 is 9.32 Å². The van der Waals surface area contributed by atoms with Crippen LogP contribution < -0.4 is 0 Å². The average Bonchev–Trinajstić information content (AvgIpc) is 3.10. The molecule has 1 aliphatic heterocycles. The summed E-state index contributed by atoms with van der Waals surface area (Å²) in [5.41, 5.74) is 0.433. The minimum Gasteiger partial charge on any atom is -0.411 e. The number of rotatable bonds is 5. The number of nitrogens with zero attached hydrogens (tertiary/aromatic N) is 4. The fourth-order valence-electron chi connectivity index (χ4n) is 2.70. The minimum absolute atomic E-state index is 0.0430. The van der Waals surface area contributed by atoms with Gasteiger partial charge in [-0.15, -0.1) is 10.2 Å². The zero-order valence-corrected chi connectivity index (χ0v) is 14.6. The van der Waals surface area contributed by atoms with E-state index in [-0.39, 0.29) is 28.0 Å². The Morgan fingerprint density at radius 2 is 2.08 bits per heavy atom. The monoisotopic (exact) mass is 362 g/mol. The van der Waals surface area contributed by atoms with Gasteiger partial charge in [-0.3, -0.25) is 14.9 Å². The molecule has 1 fully saturated rings. The van der Waals surface area contributed by atoms with Crippen LogP contribution in [0, 0.1) is 10.1 Å². The molecule has 1 aliphatic rings. The lowest BCUT2D eigenvalue weighted by Crippen LogP contribution is -2.40. The molecule has 3 rings (SSSR count). The van der Waals surface area contributed by atoms with E-state index in [1.165, 1.54) is 30.3 Å². The van der Waals surface area contributed by atoms with Gasteiger partial charge in [0.15, 0.2) is 0 Å². The number of carbonyl (C=O) groups is 1. The molecule has 1 aromatic carbocycles. The normalized spacial score (nSPS) is 15.8. The lowest BCUT2D eigenvalue weighted by atomic mass is 10.1. The fraction of sp³-hybridized carbons (Fsp3) is 0.438. The summed E-state index contributed by atoms with van der Waals surface area (Å²) < 4.78 is 5.56. The smallest absolute Gasteiger partial charge is 0.277 e. The molecule has 0 N–H and O–H groups in total. The molecule has 2 heterocycles. The standard InChI is InChI=1S/C16H18N4O4S/c1-11(15(21)19-8-3-2-4-9-19)25-16-18-17-14(24-16)12-6-5-7-13(10-12)20(22)23/h5-7,10-11H,2-4,8-9H2,1H3/t11-/m1/s1. The highest BCUT2D eigenvalue weighted by molar-refractivity contribution is 8.00. The van der Waals surface area contributed by atoms with Gasteiger partial charge in [0.05, 0.1) is 10.2 Å². The second-order valence-corrected chi connectivity index (χ2v) is 7.12. The number of thioether (sulfide) groups is 1. The van der Waals surface area contributed by atoms with E-state index in [0.29, 0.717) is 5.56 Å². The molecular weight excluding hydrogens is 344 g/mol. The highest BCUT2D eigenvalue weighted by Gasteiger charge is 2.25. The SMILES string of the molecule is C[C@@H](Sc1nnc(-c2cccc([N+](=O)[O-])c2)o1)C(=O)N1CCCCC1. The summed E-state index contributed by atoms with van der Waals surface area (Å²) in [7, 11) is 0. The Morgan fingerprint density at radius 1 is 1.32 bits per heavy atom. The van der Waals surface area contributed by atoms with Gasteiger partial charge in [-0.2, -0.15) is 0 Å². The van der Waals surface area contributed by atoms with Crippen LogP contribution in [0.15, 0.2) is 33.9 Å². The Hall–Kier alpha value is -2.42. The van der Waals surface area contributed by atoms with Gasteiger partial charge >= 0.3 is 0 Å². The molecule has 1 saturated heterocycles. The van der Waals surface area contributed by atoms with E-state index in [0.717, 1.165) is 25.9 Å². The van der Waals surface area contributed by atoms with Crippen LogP contribution in [0.2, 0.25) is 0 Å². The van der Waals surface area contributed by atoms with Crippen LogP contribution in [0.3, 0.4) is 0 Å². The largest absolute Gasteiger partial charge is 0.411 e. The highest BCUT2D eigenvalue weighted by Crippen LogP contribution is 2.28. The molecule has 0 unspecified atom stereocenters. The van der Waals surface area contributed by atoms with Gasteiger partial charge in [0.25, 0.3) is 10.9 Å². The van der Waals surface area contributed by atoms with Crippen LogP contribution in [0.5, 0.6) is 0 Å². The van der Waals surface area contributed by atoms with Gasteiger partial charge in [0.1, 0.15) is 0 Å². The lowest BCUT2D eigenvalue weighted by molar-refractivity contribution is -0.384. The molecule has 0 saturated carbocycles. The van der Waals surface area contributed by atoms with Crippen molar-refractivity contribution in [2.24, 2.45) is 0 Å². The molecule has 132 valence electrons. The number of carbonyl (C=O) groups excluding carboxylic acids is 1. The van der Waals surface area contributed by atoms with Gasteiger partial charge in [-0.05, 0) is 32.3 Å². The Bertz CT molecular complexity index is 773. The first-order valence-corrected chi connectivity index (χ1v) is 8.96. The summed E-state index contributed by atoms with van der Waals surface area (Å²) in [6.45, 7) is 3.41. The first kappa shape index (κ1) is 17.4. The van der Waals surface area contributed by atoms with E-state index < -0.39 is 4.92 Å².